The van der Waals surface area contributed by atoms with E-state index in [9.17, 15) is 22.8 Å². The molecule has 202 valence electrons. The van der Waals surface area contributed by atoms with Crippen LogP contribution in [0.15, 0.2) is 41.3 Å². The number of anilines is 2. The van der Waals surface area contributed by atoms with Crippen molar-refractivity contribution in [3.63, 3.8) is 0 Å². The summed E-state index contributed by atoms with van der Waals surface area (Å²) in [6.45, 7) is 3.64. The number of hydrogen-bond donors (Lipinski definition) is 2. The zero-order chi connectivity index (χ0) is 27.9. The average Bonchev–Trinajstić information content (AvgIpc) is 3.27. The Labute approximate surface area is 228 Å². The van der Waals surface area contributed by atoms with Gasteiger partial charge >= 0.3 is 6.18 Å². The van der Waals surface area contributed by atoms with Crippen LogP contribution in [0.25, 0.3) is 21.9 Å². The van der Waals surface area contributed by atoms with Crippen molar-refractivity contribution in [1.29, 1.82) is 0 Å². The topological polar surface area (TPSA) is 119 Å². The molecule has 1 aliphatic carbocycles. The highest BCUT2D eigenvalue weighted by molar-refractivity contribution is 9.10. The van der Waals surface area contributed by atoms with Gasteiger partial charge in [-0.3, -0.25) is 9.59 Å². The second-order valence-electron chi connectivity index (χ2n) is 10.5. The molecule has 3 aromatic heterocycles. The highest BCUT2D eigenvalue weighted by Gasteiger charge is 2.64. The molecule has 9 nitrogen and oxygen atoms in total. The number of hydrogen-bond acceptors (Lipinski definition) is 6. The third-order valence-electron chi connectivity index (χ3n) is 7.82. The number of rotatable bonds is 4. The fourth-order valence-corrected chi connectivity index (χ4v) is 5.99. The largest absolute Gasteiger partial charge is 0.416 e. The Morgan fingerprint density at radius 1 is 1.21 bits per heavy atom. The van der Waals surface area contributed by atoms with Gasteiger partial charge in [-0.15, -0.1) is 0 Å². The van der Waals surface area contributed by atoms with Crippen LogP contribution in [0.4, 0.5) is 24.8 Å². The fraction of sp³-hybridized carbons (Fsp3) is 0.346. The summed E-state index contributed by atoms with van der Waals surface area (Å²) < 4.78 is 42.5. The minimum atomic E-state index is -4.56. The lowest BCUT2D eigenvalue weighted by atomic mass is 10.0. The minimum Gasteiger partial charge on any atom is -0.383 e. The lowest BCUT2D eigenvalue weighted by Crippen LogP contribution is -2.46. The predicted molar refractivity (Wildman–Crippen MR) is 142 cm³/mol. The number of nitrogens with two attached hydrogens (primary N) is 1. The average molecular weight is 602 g/mol. The van der Waals surface area contributed by atoms with Crippen molar-refractivity contribution in [2.75, 3.05) is 11.1 Å². The summed E-state index contributed by atoms with van der Waals surface area (Å²) in [6, 6.07) is 6.03. The smallest absolute Gasteiger partial charge is 0.383 e. The Morgan fingerprint density at radius 3 is 2.72 bits per heavy atom. The summed E-state index contributed by atoms with van der Waals surface area (Å²) in [6.07, 6.45) is -2.08. The van der Waals surface area contributed by atoms with Crippen LogP contribution in [-0.4, -0.2) is 48.3 Å². The minimum absolute atomic E-state index is 0.0145. The number of likely N-dealkylation sites (tertiary alicyclic amines) is 1. The molecule has 1 saturated heterocycles. The van der Waals surface area contributed by atoms with E-state index < -0.39 is 17.8 Å². The molecule has 1 aromatic carbocycles. The number of piperidine rings is 1. The van der Waals surface area contributed by atoms with Crippen LogP contribution >= 0.6 is 15.9 Å². The van der Waals surface area contributed by atoms with E-state index in [-0.39, 0.29) is 52.1 Å². The number of nitrogens with one attached hydrogen (secondary N) is 1. The highest BCUT2D eigenvalue weighted by atomic mass is 79.9. The number of nitrogens with zero attached hydrogens (tertiary/aromatic N) is 5. The molecule has 0 bridgehead atoms. The second-order valence-corrected chi connectivity index (χ2v) is 11.3. The van der Waals surface area contributed by atoms with Crippen molar-refractivity contribution in [2.45, 2.75) is 51.5 Å². The summed E-state index contributed by atoms with van der Waals surface area (Å²) in [4.78, 5) is 41.4. The van der Waals surface area contributed by atoms with Crippen LogP contribution in [-0.2, 0) is 22.3 Å². The Bertz CT molecular complexity index is 1690. The van der Waals surface area contributed by atoms with E-state index in [2.05, 4.69) is 36.2 Å². The number of aryl methyl sites for hydroxylation is 1. The third-order valence-corrected chi connectivity index (χ3v) is 8.26. The molecule has 4 aromatic rings. The molecule has 3 N–H and O–H groups in total. The van der Waals surface area contributed by atoms with Gasteiger partial charge in [0.2, 0.25) is 11.8 Å². The molecule has 4 heterocycles. The molecular weight excluding hydrogens is 579 g/mol. The number of aromatic nitrogens is 4. The van der Waals surface area contributed by atoms with Gasteiger partial charge in [0.25, 0.3) is 0 Å². The Hall–Kier alpha value is -3.74. The van der Waals surface area contributed by atoms with E-state index >= 15 is 0 Å². The highest BCUT2D eigenvalue weighted by Crippen LogP contribution is 2.59. The third kappa shape index (κ3) is 4.19. The molecule has 39 heavy (non-hydrogen) atoms. The van der Waals surface area contributed by atoms with Gasteiger partial charge < -0.3 is 20.5 Å². The summed E-state index contributed by atoms with van der Waals surface area (Å²) in [5, 5.41) is 3.31. The van der Waals surface area contributed by atoms with E-state index in [1.54, 1.807) is 11.0 Å². The summed E-state index contributed by atoms with van der Waals surface area (Å²) >= 11 is 3.31. The first kappa shape index (κ1) is 25.5. The summed E-state index contributed by atoms with van der Waals surface area (Å²) in [5.74, 6) is -0.256. The molecule has 1 saturated carbocycles. The molecule has 0 radical (unpaired) electrons. The van der Waals surface area contributed by atoms with Crippen LogP contribution in [0.1, 0.15) is 30.9 Å². The summed E-state index contributed by atoms with van der Waals surface area (Å²) in [5.41, 5.74) is 6.42. The van der Waals surface area contributed by atoms with Gasteiger partial charge in [-0.25, -0.2) is 15.0 Å². The standard InChI is InChI=1S/C26H23BrF3N7O2/c1-12-3-6-18(27)34-22(12)35-24(39)16-8-25(2)9-17(25)37(16)19(38)10-36-15-5-4-13(26(28,29)30)7-14(15)20-21(31)32-11-33-23(20)36/h3-7,11,16-17H,8-10H2,1-2H3,(H2,31,32,33)(H,34,35,39)/t16-,17+,25-/m0/s1. The Morgan fingerprint density at radius 2 is 1.97 bits per heavy atom. The quantitative estimate of drug-likeness (QED) is 0.328. The number of halogens is 4. The van der Waals surface area contributed by atoms with E-state index in [1.165, 1.54) is 17.0 Å². The molecule has 2 amide bonds. The Kier molecular flexibility index (Phi) is 5.65. The van der Waals surface area contributed by atoms with Gasteiger partial charge in [-0.1, -0.05) is 13.0 Å². The van der Waals surface area contributed by atoms with Gasteiger partial charge in [-0.2, -0.15) is 13.2 Å². The lowest BCUT2D eigenvalue weighted by molar-refractivity contribution is -0.138. The van der Waals surface area contributed by atoms with E-state index in [1.807, 2.05) is 19.9 Å². The Balaban J connectivity index is 1.36. The maximum absolute atomic E-state index is 13.8. The van der Waals surface area contributed by atoms with Crippen molar-refractivity contribution in [3.05, 3.63) is 52.4 Å². The fourth-order valence-electron chi connectivity index (χ4n) is 5.68. The molecule has 2 aliphatic rings. The molecule has 6 rings (SSSR count). The van der Waals surface area contributed by atoms with Crippen LogP contribution in [0.2, 0.25) is 0 Å². The second kappa shape index (κ2) is 8.63. The van der Waals surface area contributed by atoms with Crippen molar-refractivity contribution < 1.29 is 22.8 Å². The summed E-state index contributed by atoms with van der Waals surface area (Å²) in [7, 11) is 0. The van der Waals surface area contributed by atoms with Crippen LogP contribution < -0.4 is 11.1 Å². The number of benzene rings is 1. The van der Waals surface area contributed by atoms with Crippen LogP contribution in [0.3, 0.4) is 0 Å². The molecule has 0 unspecified atom stereocenters. The zero-order valence-electron chi connectivity index (χ0n) is 20.9. The van der Waals surface area contributed by atoms with Gasteiger partial charge in [0.15, 0.2) is 0 Å². The number of fused-ring (bicyclic) bond motifs is 4. The van der Waals surface area contributed by atoms with E-state index in [4.69, 9.17) is 5.73 Å². The van der Waals surface area contributed by atoms with Gasteiger partial charge in [-0.05, 0) is 70.9 Å². The number of alkyl halides is 3. The zero-order valence-corrected chi connectivity index (χ0v) is 22.5. The molecule has 1 aliphatic heterocycles. The SMILES string of the molecule is Cc1ccc(Br)nc1NC(=O)[C@@H]1C[C@@]2(C)C[C@H]2N1C(=O)Cn1c2ccc(C(F)(F)F)cc2c2c(N)ncnc21. The van der Waals surface area contributed by atoms with Gasteiger partial charge in [0, 0.05) is 11.4 Å². The maximum Gasteiger partial charge on any atom is 0.416 e. The predicted octanol–water partition coefficient (Wildman–Crippen LogP) is 4.67. The number of carbonyl (C=O) groups excluding carboxylic acids is 2. The number of amides is 2. The number of nitrogen functional groups attached to an aromatic ring is 1. The van der Waals surface area contributed by atoms with Gasteiger partial charge in [0.05, 0.1) is 16.5 Å². The molecule has 3 atom stereocenters. The maximum atomic E-state index is 13.8. The van der Waals surface area contributed by atoms with E-state index in [0.29, 0.717) is 22.4 Å². The number of pyridine rings is 1. The van der Waals surface area contributed by atoms with Crippen molar-refractivity contribution in [1.82, 2.24) is 24.4 Å². The first-order chi connectivity index (χ1) is 18.4. The first-order valence-electron chi connectivity index (χ1n) is 12.2. The normalized spacial score (nSPS) is 22.4. The lowest BCUT2D eigenvalue weighted by Gasteiger charge is -2.27. The first-order valence-corrected chi connectivity index (χ1v) is 13.0. The van der Waals surface area contributed by atoms with Gasteiger partial charge in [0.1, 0.15) is 40.8 Å². The molecule has 0 spiro atoms. The van der Waals surface area contributed by atoms with Crippen molar-refractivity contribution >= 4 is 61.3 Å². The monoisotopic (exact) mass is 601 g/mol. The van der Waals surface area contributed by atoms with Crippen molar-refractivity contribution in [3.8, 4) is 0 Å². The molecular formula is C26H23BrF3N7O2. The molecule has 13 heteroatoms. The van der Waals surface area contributed by atoms with E-state index in [0.717, 1.165) is 24.1 Å². The van der Waals surface area contributed by atoms with Crippen LogP contribution in [0.5, 0.6) is 0 Å². The van der Waals surface area contributed by atoms with Crippen LogP contribution in [0, 0.1) is 12.3 Å². The van der Waals surface area contributed by atoms with Crippen molar-refractivity contribution in [2.24, 2.45) is 5.41 Å². The molecule has 2 fully saturated rings. The number of carbonyl (C=O) groups is 2.